The Kier molecular flexibility index (Phi) is 2.01. The first kappa shape index (κ1) is 9.17. The first-order valence-corrected chi connectivity index (χ1v) is 4.62. The van der Waals surface area contributed by atoms with Crippen LogP contribution in [0, 0.1) is 24.1 Å². The molecule has 2 N–H and O–H groups in total. The second-order valence-corrected chi connectivity index (χ2v) is 3.69. The molecule has 1 aromatic carbocycles. The highest BCUT2D eigenvalue weighted by Gasteiger charge is 2.25. The van der Waals surface area contributed by atoms with E-state index in [2.05, 4.69) is 0 Å². The first-order valence-electron chi connectivity index (χ1n) is 4.62. The lowest BCUT2D eigenvalue weighted by atomic mass is 9.97. The molecule has 0 amide bonds. The molecule has 2 rings (SSSR count). The maximum Gasteiger partial charge on any atom is 0.127 e. The lowest BCUT2D eigenvalue weighted by molar-refractivity contribution is 0.615. The molecule has 72 valence electrons. The molecule has 0 spiro atoms. The predicted molar refractivity (Wildman–Crippen MR) is 51.1 cm³/mol. The molecule has 0 radical (unpaired) electrons. The third kappa shape index (κ3) is 1.11. The molecule has 3 heteroatoms. The van der Waals surface area contributed by atoms with E-state index in [4.69, 9.17) is 11.0 Å². The van der Waals surface area contributed by atoms with Crippen molar-refractivity contribution in [3.63, 3.8) is 0 Å². The zero-order chi connectivity index (χ0) is 10.3. The second-order valence-electron chi connectivity index (χ2n) is 3.69. The fraction of sp³-hybridized carbons (Fsp3) is 0.364. The number of nitrogens with two attached hydrogens (primary N) is 1. The smallest absolute Gasteiger partial charge is 0.127 e. The van der Waals surface area contributed by atoms with Gasteiger partial charge in [0.25, 0.3) is 0 Å². The van der Waals surface area contributed by atoms with Gasteiger partial charge in [-0.3, -0.25) is 0 Å². The van der Waals surface area contributed by atoms with Crippen LogP contribution >= 0.6 is 0 Å². The van der Waals surface area contributed by atoms with Gasteiger partial charge in [0.15, 0.2) is 0 Å². The van der Waals surface area contributed by atoms with Gasteiger partial charge in [-0.15, -0.1) is 0 Å². The van der Waals surface area contributed by atoms with E-state index in [1.807, 2.05) is 6.07 Å². The van der Waals surface area contributed by atoms with Crippen molar-refractivity contribution in [1.29, 1.82) is 5.26 Å². The summed E-state index contributed by atoms with van der Waals surface area (Å²) in [5.41, 5.74) is 8.48. The molecule has 0 heterocycles. The van der Waals surface area contributed by atoms with E-state index in [1.165, 1.54) is 6.07 Å². The van der Waals surface area contributed by atoms with E-state index < -0.39 is 0 Å². The van der Waals surface area contributed by atoms with Crippen molar-refractivity contribution in [1.82, 2.24) is 0 Å². The van der Waals surface area contributed by atoms with Crippen molar-refractivity contribution in [2.24, 2.45) is 5.73 Å². The number of hydrogen-bond donors (Lipinski definition) is 1. The minimum Gasteiger partial charge on any atom is -0.324 e. The summed E-state index contributed by atoms with van der Waals surface area (Å²) in [6.07, 6.45) is 1.59. The van der Waals surface area contributed by atoms with Gasteiger partial charge in [-0.05, 0) is 37.0 Å². The van der Waals surface area contributed by atoms with Crippen LogP contribution in [0.2, 0.25) is 0 Å². The normalized spacial score (nSPS) is 19.1. The number of nitriles is 1. The maximum absolute atomic E-state index is 13.4. The Labute approximate surface area is 82.1 Å². The van der Waals surface area contributed by atoms with Crippen molar-refractivity contribution >= 4 is 0 Å². The van der Waals surface area contributed by atoms with Gasteiger partial charge < -0.3 is 5.73 Å². The Morgan fingerprint density at radius 2 is 2.36 bits per heavy atom. The second kappa shape index (κ2) is 3.07. The molecule has 1 unspecified atom stereocenters. The van der Waals surface area contributed by atoms with Crippen molar-refractivity contribution in [3.8, 4) is 6.07 Å². The zero-order valence-corrected chi connectivity index (χ0v) is 7.97. The molecule has 1 aromatic rings. The van der Waals surface area contributed by atoms with E-state index >= 15 is 0 Å². The first-order chi connectivity index (χ1) is 6.65. The third-order valence-corrected chi connectivity index (χ3v) is 2.86. The molecule has 1 aliphatic rings. The molecule has 0 aromatic heterocycles. The zero-order valence-electron chi connectivity index (χ0n) is 7.97. The molecule has 0 bridgehead atoms. The highest BCUT2D eigenvalue weighted by molar-refractivity contribution is 5.52. The molecule has 14 heavy (non-hydrogen) atoms. The molecule has 2 nitrogen and oxygen atoms in total. The topological polar surface area (TPSA) is 49.8 Å². The van der Waals surface area contributed by atoms with Gasteiger partial charge in [-0.2, -0.15) is 5.26 Å². The van der Waals surface area contributed by atoms with Gasteiger partial charge in [-0.25, -0.2) is 4.39 Å². The molecule has 0 aliphatic heterocycles. The van der Waals surface area contributed by atoms with E-state index in [9.17, 15) is 4.39 Å². The monoisotopic (exact) mass is 190 g/mol. The quantitative estimate of drug-likeness (QED) is 0.679. The van der Waals surface area contributed by atoms with Crippen LogP contribution in [-0.2, 0) is 6.42 Å². The van der Waals surface area contributed by atoms with E-state index in [1.54, 1.807) is 6.92 Å². The number of aryl methyl sites for hydroxylation is 1. The number of fused-ring (bicyclic) bond motifs is 1. The Bertz CT molecular complexity index is 432. The van der Waals surface area contributed by atoms with Gasteiger partial charge in [0.05, 0.1) is 11.6 Å². The summed E-state index contributed by atoms with van der Waals surface area (Å²) >= 11 is 0. The van der Waals surface area contributed by atoms with Gasteiger partial charge >= 0.3 is 0 Å². The summed E-state index contributed by atoms with van der Waals surface area (Å²) in [6, 6.07) is 3.46. The van der Waals surface area contributed by atoms with Crippen molar-refractivity contribution in [2.75, 3.05) is 0 Å². The Morgan fingerprint density at radius 1 is 1.64 bits per heavy atom. The molecular weight excluding hydrogens is 179 g/mol. The highest BCUT2D eigenvalue weighted by atomic mass is 19.1. The van der Waals surface area contributed by atoms with Crippen LogP contribution in [0.4, 0.5) is 4.39 Å². The molecule has 1 atom stereocenters. The van der Waals surface area contributed by atoms with Crippen LogP contribution in [0.25, 0.3) is 0 Å². The molecule has 0 saturated carbocycles. The molecule has 1 aliphatic carbocycles. The average Bonchev–Trinajstić information content (AvgIpc) is 2.50. The van der Waals surface area contributed by atoms with Gasteiger partial charge in [-0.1, -0.05) is 0 Å². The number of halogens is 1. The number of nitrogens with zero attached hydrogens (tertiary/aromatic N) is 1. The highest BCUT2D eigenvalue weighted by Crippen LogP contribution is 2.34. The minimum absolute atomic E-state index is 0.0982. The third-order valence-electron chi connectivity index (χ3n) is 2.86. The lowest BCUT2D eigenvalue weighted by Gasteiger charge is -2.10. The van der Waals surface area contributed by atoms with Crippen LogP contribution in [0.5, 0.6) is 0 Å². The largest absolute Gasteiger partial charge is 0.324 e. The number of benzene rings is 1. The molecule has 0 saturated heterocycles. The number of hydrogen-bond acceptors (Lipinski definition) is 2. The average molecular weight is 190 g/mol. The van der Waals surface area contributed by atoms with Crippen LogP contribution in [0.3, 0.4) is 0 Å². The van der Waals surface area contributed by atoms with Gasteiger partial charge in [0, 0.05) is 11.6 Å². The summed E-state index contributed by atoms with van der Waals surface area (Å²) in [7, 11) is 0. The Hall–Kier alpha value is -1.40. The van der Waals surface area contributed by atoms with Crippen molar-refractivity contribution in [3.05, 3.63) is 34.1 Å². The predicted octanol–water partition coefficient (Wildman–Crippen LogP) is 1.95. The summed E-state index contributed by atoms with van der Waals surface area (Å²) in [4.78, 5) is 0. The summed E-state index contributed by atoms with van der Waals surface area (Å²) < 4.78 is 13.4. The van der Waals surface area contributed by atoms with E-state index in [-0.39, 0.29) is 11.9 Å². The Balaban J connectivity index is 2.75. The number of rotatable bonds is 0. The summed E-state index contributed by atoms with van der Waals surface area (Å²) in [6.45, 7) is 1.62. The molecular formula is C11H11FN2. The summed E-state index contributed by atoms with van der Waals surface area (Å²) in [5.74, 6) is -0.297. The lowest BCUT2D eigenvalue weighted by Crippen LogP contribution is -2.09. The minimum atomic E-state index is -0.297. The van der Waals surface area contributed by atoms with Gasteiger partial charge in [0.1, 0.15) is 5.82 Å². The van der Waals surface area contributed by atoms with Crippen LogP contribution in [0.1, 0.15) is 34.7 Å². The van der Waals surface area contributed by atoms with Crippen LogP contribution in [0.15, 0.2) is 6.07 Å². The maximum atomic E-state index is 13.4. The SMILES string of the molecule is Cc1c(F)cc2c(c1C#N)C(N)CC2. The molecule has 0 fully saturated rings. The van der Waals surface area contributed by atoms with E-state index in [0.29, 0.717) is 11.1 Å². The fourth-order valence-electron chi connectivity index (χ4n) is 2.05. The van der Waals surface area contributed by atoms with Gasteiger partial charge in [0.2, 0.25) is 0 Å². The van der Waals surface area contributed by atoms with Crippen LogP contribution < -0.4 is 5.73 Å². The summed E-state index contributed by atoms with van der Waals surface area (Å²) in [5, 5.41) is 8.95. The standard InChI is InChI=1S/C11H11FN2/c1-6-8(5-13)11-7(4-9(6)12)2-3-10(11)14/h4,10H,2-3,14H2,1H3. The van der Waals surface area contributed by atoms with Crippen molar-refractivity contribution in [2.45, 2.75) is 25.8 Å². The fourth-order valence-corrected chi connectivity index (χ4v) is 2.05. The van der Waals surface area contributed by atoms with Crippen molar-refractivity contribution < 1.29 is 4.39 Å². The van der Waals surface area contributed by atoms with Crippen LogP contribution in [-0.4, -0.2) is 0 Å². The Morgan fingerprint density at radius 3 is 3.00 bits per heavy atom. The van der Waals surface area contributed by atoms with E-state index in [0.717, 1.165) is 24.0 Å².